The molecule has 1 saturated carbocycles. The number of halogens is 3. The van der Waals surface area contributed by atoms with Gasteiger partial charge in [0.15, 0.2) is 17.3 Å². The van der Waals surface area contributed by atoms with Crippen LogP contribution in [0.2, 0.25) is 0 Å². The Hall–Kier alpha value is -3.15. The number of nitrogens with zero attached hydrogens (tertiary/aromatic N) is 3. The Kier molecular flexibility index (Phi) is 9.52. The number of Topliss-reactive ketones (excluding diaryl/α,β-unsaturated/α-hetero) is 1. The van der Waals surface area contributed by atoms with E-state index in [9.17, 15) is 27.6 Å². The Bertz CT molecular complexity index is 1200. The summed E-state index contributed by atoms with van der Waals surface area (Å²) < 4.78 is 54.3. The summed E-state index contributed by atoms with van der Waals surface area (Å²) in [7, 11) is 0. The zero-order valence-corrected chi connectivity index (χ0v) is 21.3. The highest BCUT2D eigenvalue weighted by atomic mass is 19.3. The topological polar surface area (TPSA) is 104 Å². The van der Waals surface area contributed by atoms with Gasteiger partial charge in [0.1, 0.15) is 6.61 Å². The molecule has 0 bridgehead atoms. The molecule has 1 aliphatic rings. The molecule has 2 aromatic rings. The van der Waals surface area contributed by atoms with Crippen LogP contribution >= 0.6 is 0 Å². The average Bonchev–Trinajstić information content (AvgIpc) is 2.82. The quantitative estimate of drug-likeness (QED) is 0.447. The fourth-order valence-corrected chi connectivity index (χ4v) is 4.10. The zero-order chi connectivity index (χ0) is 27.2. The first-order valence-corrected chi connectivity index (χ1v) is 12.4. The van der Waals surface area contributed by atoms with Crippen molar-refractivity contribution in [3.8, 4) is 5.75 Å². The number of anilines is 2. The molecule has 204 valence electrons. The second-order valence-electron chi connectivity index (χ2n) is 9.42. The van der Waals surface area contributed by atoms with Gasteiger partial charge in [0.05, 0.1) is 6.10 Å². The number of carbonyl (C=O) groups is 1. The van der Waals surface area contributed by atoms with E-state index in [1.165, 1.54) is 16.7 Å². The molecule has 1 aromatic carbocycles. The van der Waals surface area contributed by atoms with Crippen molar-refractivity contribution in [2.75, 3.05) is 18.5 Å². The minimum absolute atomic E-state index is 0.0362. The summed E-state index contributed by atoms with van der Waals surface area (Å²) in [5.41, 5.74) is -1.40. The molecule has 12 heteroatoms. The van der Waals surface area contributed by atoms with E-state index in [1.807, 2.05) is 0 Å². The number of aromatic nitrogens is 3. The normalized spacial score (nSPS) is 15.6. The lowest BCUT2D eigenvalue weighted by Crippen LogP contribution is -2.44. The summed E-state index contributed by atoms with van der Waals surface area (Å²) in [6, 6.07) is 4.07. The number of hydrogen-bond acceptors (Lipinski definition) is 7. The third kappa shape index (κ3) is 7.91. The molecule has 0 unspecified atom stereocenters. The first-order valence-electron chi connectivity index (χ1n) is 12.4. The molecule has 9 nitrogen and oxygen atoms in total. The SMILES string of the molecule is CCOCC(=O)CCn1c(=O)nc(Nc2ccc(OC(C)C)c(F)c2)n(CC2CCC(F)(F)CC2)c1=O. The van der Waals surface area contributed by atoms with Gasteiger partial charge in [-0.2, -0.15) is 4.98 Å². The first-order chi connectivity index (χ1) is 17.5. The maximum absolute atomic E-state index is 14.5. The van der Waals surface area contributed by atoms with E-state index in [4.69, 9.17) is 9.47 Å². The van der Waals surface area contributed by atoms with Gasteiger partial charge >= 0.3 is 11.4 Å². The van der Waals surface area contributed by atoms with Gasteiger partial charge in [0.2, 0.25) is 11.9 Å². The van der Waals surface area contributed by atoms with Gasteiger partial charge in [-0.25, -0.2) is 27.3 Å². The van der Waals surface area contributed by atoms with Gasteiger partial charge in [-0.15, -0.1) is 0 Å². The Morgan fingerprint density at radius 3 is 2.54 bits per heavy atom. The van der Waals surface area contributed by atoms with Crippen LogP contribution in [0, 0.1) is 11.7 Å². The van der Waals surface area contributed by atoms with E-state index in [1.54, 1.807) is 20.8 Å². The lowest BCUT2D eigenvalue weighted by atomic mass is 9.87. The van der Waals surface area contributed by atoms with Gasteiger partial charge in [0, 0.05) is 50.7 Å². The molecule has 3 rings (SSSR count). The maximum atomic E-state index is 14.5. The van der Waals surface area contributed by atoms with E-state index in [0.29, 0.717) is 6.61 Å². The van der Waals surface area contributed by atoms with Crippen molar-refractivity contribution in [1.82, 2.24) is 14.1 Å². The fourth-order valence-electron chi connectivity index (χ4n) is 4.10. The number of rotatable bonds is 12. The molecule has 1 heterocycles. The van der Waals surface area contributed by atoms with Gasteiger partial charge < -0.3 is 14.8 Å². The van der Waals surface area contributed by atoms with E-state index in [-0.39, 0.29) is 87.0 Å². The Morgan fingerprint density at radius 1 is 1.22 bits per heavy atom. The van der Waals surface area contributed by atoms with Gasteiger partial charge in [-0.1, -0.05) is 0 Å². The van der Waals surface area contributed by atoms with Crippen LogP contribution in [0.15, 0.2) is 27.8 Å². The van der Waals surface area contributed by atoms with Crippen LogP contribution in [0.5, 0.6) is 5.75 Å². The van der Waals surface area contributed by atoms with Crippen LogP contribution in [-0.2, 0) is 22.6 Å². The third-order valence-electron chi connectivity index (χ3n) is 6.06. The molecule has 1 fully saturated rings. The second-order valence-corrected chi connectivity index (χ2v) is 9.42. The van der Waals surface area contributed by atoms with Crippen LogP contribution in [0.4, 0.5) is 24.8 Å². The number of nitrogens with one attached hydrogen (secondary N) is 1. The molecular formula is C25H33F3N4O5. The van der Waals surface area contributed by atoms with Crippen molar-refractivity contribution >= 4 is 17.4 Å². The lowest BCUT2D eigenvalue weighted by molar-refractivity contribution is -0.123. The predicted molar refractivity (Wildman–Crippen MR) is 131 cm³/mol. The summed E-state index contributed by atoms with van der Waals surface area (Å²) >= 11 is 0. The minimum Gasteiger partial charge on any atom is -0.488 e. The Balaban J connectivity index is 1.91. The highest BCUT2D eigenvalue weighted by Gasteiger charge is 2.35. The zero-order valence-electron chi connectivity index (χ0n) is 21.3. The number of hydrogen-bond donors (Lipinski definition) is 1. The van der Waals surface area contributed by atoms with E-state index in [0.717, 1.165) is 10.6 Å². The molecule has 37 heavy (non-hydrogen) atoms. The van der Waals surface area contributed by atoms with E-state index < -0.39 is 23.1 Å². The Morgan fingerprint density at radius 2 is 1.92 bits per heavy atom. The maximum Gasteiger partial charge on any atom is 0.354 e. The molecule has 0 saturated heterocycles. The lowest BCUT2D eigenvalue weighted by Gasteiger charge is -2.29. The van der Waals surface area contributed by atoms with Crippen molar-refractivity contribution in [1.29, 1.82) is 0 Å². The highest BCUT2D eigenvalue weighted by Crippen LogP contribution is 2.36. The predicted octanol–water partition coefficient (Wildman–Crippen LogP) is 3.90. The molecule has 1 aliphatic carbocycles. The van der Waals surface area contributed by atoms with Gasteiger partial charge in [-0.05, 0) is 51.7 Å². The van der Waals surface area contributed by atoms with Crippen molar-refractivity contribution in [3.63, 3.8) is 0 Å². The largest absolute Gasteiger partial charge is 0.488 e. The van der Waals surface area contributed by atoms with Crippen molar-refractivity contribution < 1.29 is 27.4 Å². The fraction of sp³-hybridized carbons (Fsp3) is 0.600. The van der Waals surface area contributed by atoms with Crippen LogP contribution in [0.3, 0.4) is 0 Å². The monoisotopic (exact) mass is 526 g/mol. The van der Waals surface area contributed by atoms with Gasteiger partial charge in [-0.3, -0.25) is 9.36 Å². The molecule has 0 atom stereocenters. The summed E-state index contributed by atoms with van der Waals surface area (Å²) in [4.78, 5) is 42.0. The summed E-state index contributed by atoms with van der Waals surface area (Å²) in [5.74, 6) is -4.01. The summed E-state index contributed by atoms with van der Waals surface area (Å²) in [6.45, 7) is 5.31. The second kappa shape index (κ2) is 12.4. The molecule has 0 aliphatic heterocycles. The molecule has 1 aromatic heterocycles. The van der Waals surface area contributed by atoms with E-state index in [2.05, 4.69) is 10.3 Å². The first kappa shape index (κ1) is 28.4. The summed E-state index contributed by atoms with van der Waals surface area (Å²) in [5, 5.41) is 2.81. The number of carbonyl (C=O) groups excluding carboxylic acids is 1. The van der Waals surface area contributed by atoms with Crippen LogP contribution in [0.25, 0.3) is 0 Å². The number of ether oxygens (including phenoxy) is 2. The van der Waals surface area contributed by atoms with E-state index >= 15 is 0 Å². The van der Waals surface area contributed by atoms with Crippen LogP contribution in [0.1, 0.15) is 52.9 Å². The number of ketones is 1. The van der Waals surface area contributed by atoms with Crippen molar-refractivity contribution in [2.45, 2.75) is 78.0 Å². The highest BCUT2D eigenvalue weighted by molar-refractivity contribution is 5.79. The molecule has 0 spiro atoms. The molecule has 0 radical (unpaired) electrons. The molecular weight excluding hydrogens is 493 g/mol. The minimum atomic E-state index is -2.74. The number of benzene rings is 1. The third-order valence-corrected chi connectivity index (χ3v) is 6.06. The molecule has 0 amide bonds. The summed E-state index contributed by atoms with van der Waals surface area (Å²) in [6.07, 6.45) is -0.549. The van der Waals surface area contributed by atoms with Gasteiger partial charge in [0.25, 0.3) is 0 Å². The van der Waals surface area contributed by atoms with Crippen LogP contribution < -0.4 is 21.4 Å². The number of alkyl halides is 2. The van der Waals surface area contributed by atoms with Crippen LogP contribution in [-0.4, -0.2) is 45.1 Å². The smallest absolute Gasteiger partial charge is 0.354 e. The van der Waals surface area contributed by atoms with Crippen molar-refractivity contribution in [3.05, 3.63) is 45.0 Å². The van der Waals surface area contributed by atoms with Crippen molar-refractivity contribution in [2.24, 2.45) is 5.92 Å². The standard InChI is InChI=1S/C25H33F3N4O5/c1-4-36-15-19(33)9-12-31-23(34)30-22(29-18-5-6-21(20(26)13-18)37-16(2)3)32(24(31)35)14-17-7-10-25(27,28)11-8-17/h5-6,13,16-17H,4,7-12,14-15H2,1-3H3,(H,29,30,34). The molecule has 1 N–H and O–H groups in total. The average molecular weight is 527 g/mol. The Labute approximate surface area is 212 Å².